The van der Waals surface area contributed by atoms with Crippen LogP contribution in [0.5, 0.6) is 0 Å². The minimum absolute atomic E-state index is 0.168. The fraction of sp³-hybridized carbons (Fsp3) is 0.625. The van der Waals surface area contributed by atoms with Crippen molar-refractivity contribution in [3.63, 3.8) is 0 Å². The molecule has 0 fully saturated rings. The van der Waals surface area contributed by atoms with Gasteiger partial charge in [-0.15, -0.1) is 0 Å². The van der Waals surface area contributed by atoms with Crippen molar-refractivity contribution in [3.05, 3.63) is 24.2 Å². The molecular formula is C16H26N2O3. The molecule has 1 aromatic rings. The Kier molecular flexibility index (Phi) is 7.58. The highest BCUT2D eigenvalue weighted by Gasteiger charge is 2.21. The number of carbonyl (C=O) groups excluding carboxylic acids is 2. The molecule has 2 unspecified atom stereocenters. The molecule has 1 heterocycles. The van der Waals surface area contributed by atoms with E-state index in [9.17, 15) is 9.59 Å². The van der Waals surface area contributed by atoms with Gasteiger partial charge in [-0.3, -0.25) is 9.59 Å². The molecule has 0 radical (unpaired) electrons. The Balaban J connectivity index is 2.48. The smallest absolute Gasteiger partial charge is 0.287 e. The lowest BCUT2D eigenvalue weighted by atomic mass is 9.97. The van der Waals surface area contributed by atoms with Crippen LogP contribution in [0.4, 0.5) is 0 Å². The van der Waals surface area contributed by atoms with Crippen LogP contribution >= 0.6 is 0 Å². The standard InChI is InChI=1S/C16H26N2O3/c1-4-7-12(2)8-5-9-13(15(19)17-3)18-16(20)14-10-6-11-21-14/h6,10-13H,4-5,7-9H2,1-3H3,(H,17,19)(H,18,20). The molecule has 0 aliphatic heterocycles. The van der Waals surface area contributed by atoms with E-state index in [0.29, 0.717) is 12.3 Å². The van der Waals surface area contributed by atoms with Crippen molar-refractivity contribution in [2.24, 2.45) is 5.92 Å². The van der Waals surface area contributed by atoms with Crippen LogP contribution in [0.2, 0.25) is 0 Å². The highest BCUT2D eigenvalue weighted by molar-refractivity contribution is 5.95. The number of furan rings is 1. The highest BCUT2D eigenvalue weighted by atomic mass is 16.3. The maximum absolute atomic E-state index is 12.0. The van der Waals surface area contributed by atoms with Crippen molar-refractivity contribution >= 4 is 11.8 Å². The Bertz CT molecular complexity index is 429. The lowest BCUT2D eigenvalue weighted by molar-refractivity contribution is -0.122. The number of rotatable bonds is 9. The van der Waals surface area contributed by atoms with Crippen LogP contribution in [0.1, 0.15) is 56.5 Å². The first kappa shape index (κ1) is 17.3. The second kappa shape index (κ2) is 9.21. The summed E-state index contributed by atoms with van der Waals surface area (Å²) in [4.78, 5) is 23.8. The normalized spacial score (nSPS) is 13.5. The van der Waals surface area contributed by atoms with Crippen molar-refractivity contribution in [1.82, 2.24) is 10.6 Å². The molecule has 0 saturated heterocycles. The lowest BCUT2D eigenvalue weighted by Crippen LogP contribution is -2.45. The maximum Gasteiger partial charge on any atom is 0.287 e. The summed E-state index contributed by atoms with van der Waals surface area (Å²) in [6.07, 6.45) is 6.44. The molecule has 0 aliphatic rings. The molecule has 2 amide bonds. The van der Waals surface area contributed by atoms with Crippen molar-refractivity contribution in [3.8, 4) is 0 Å². The van der Waals surface area contributed by atoms with Crippen LogP contribution in [0.15, 0.2) is 22.8 Å². The average molecular weight is 294 g/mol. The Hall–Kier alpha value is -1.78. The highest BCUT2D eigenvalue weighted by Crippen LogP contribution is 2.15. The molecule has 5 heteroatoms. The van der Waals surface area contributed by atoms with Gasteiger partial charge in [0.25, 0.3) is 5.91 Å². The van der Waals surface area contributed by atoms with Gasteiger partial charge in [0.05, 0.1) is 6.26 Å². The Morgan fingerprint density at radius 1 is 1.29 bits per heavy atom. The molecule has 5 nitrogen and oxygen atoms in total. The molecule has 0 saturated carbocycles. The molecule has 0 bridgehead atoms. The zero-order valence-electron chi connectivity index (χ0n) is 13.1. The summed E-state index contributed by atoms with van der Waals surface area (Å²) in [5.41, 5.74) is 0. The number of carbonyl (C=O) groups is 2. The molecule has 21 heavy (non-hydrogen) atoms. The summed E-state index contributed by atoms with van der Waals surface area (Å²) in [7, 11) is 1.58. The van der Waals surface area contributed by atoms with Gasteiger partial charge in [-0.25, -0.2) is 0 Å². The second-order valence-electron chi connectivity index (χ2n) is 5.44. The van der Waals surface area contributed by atoms with Gasteiger partial charge in [0.1, 0.15) is 6.04 Å². The molecule has 0 aliphatic carbocycles. The molecule has 0 spiro atoms. The zero-order valence-corrected chi connectivity index (χ0v) is 13.1. The summed E-state index contributed by atoms with van der Waals surface area (Å²) in [5.74, 6) is 0.359. The topological polar surface area (TPSA) is 71.3 Å². The summed E-state index contributed by atoms with van der Waals surface area (Å²) in [6.45, 7) is 4.40. The van der Waals surface area contributed by atoms with Crippen LogP contribution in [-0.2, 0) is 4.79 Å². The van der Waals surface area contributed by atoms with Crippen LogP contribution in [0, 0.1) is 5.92 Å². The van der Waals surface area contributed by atoms with Gasteiger partial charge in [-0.1, -0.05) is 39.5 Å². The minimum Gasteiger partial charge on any atom is -0.459 e. The number of amides is 2. The maximum atomic E-state index is 12.0. The van der Waals surface area contributed by atoms with E-state index in [1.54, 1.807) is 19.2 Å². The van der Waals surface area contributed by atoms with Gasteiger partial charge >= 0.3 is 0 Å². The quantitative estimate of drug-likeness (QED) is 0.735. The van der Waals surface area contributed by atoms with Crippen molar-refractivity contribution in [2.45, 2.75) is 52.0 Å². The van der Waals surface area contributed by atoms with E-state index >= 15 is 0 Å². The summed E-state index contributed by atoms with van der Waals surface area (Å²) >= 11 is 0. The lowest BCUT2D eigenvalue weighted by Gasteiger charge is -2.17. The van der Waals surface area contributed by atoms with Gasteiger partial charge in [0.15, 0.2) is 5.76 Å². The van der Waals surface area contributed by atoms with Gasteiger partial charge in [-0.05, 0) is 24.5 Å². The summed E-state index contributed by atoms with van der Waals surface area (Å²) < 4.78 is 5.04. The van der Waals surface area contributed by atoms with Crippen LogP contribution < -0.4 is 10.6 Å². The van der Waals surface area contributed by atoms with Crippen molar-refractivity contribution in [1.29, 1.82) is 0 Å². The fourth-order valence-electron chi connectivity index (χ4n) is 2.39. The van der Waals surface area contributed by atoms with Crippen LogP contribution in [-0.4, -0.2) is 24.9 Å². The third-order valence-electron chi connectivity index (χ3n) is 3.58. The number of hydrogen-bond acceptors (Lipinski definition) is 3. The minimum atomic E-state index is -0.513. The van der Waals surface area contributed by atoms with E-state index in [1.165, 1.54) is 19.1 Å². The summed E-state index contributed by atoms with van der Waals surface area (Å²) in [6, 6.07) is 2.72. The van der Waals surface area contributed by atoms with Gasteiger partial charge < -0.3 is 15.1 Å². The Labute approximate surface area is 126 Å². The molecule has 2 N–H and O–H groups in total. The van der Waals surface area contributed by atoms with E-state index in [1.807, 2.05) is 0 Å². The first-order chi connectivity index (χ1) is 10.1. The van der Waals surface area contributed by atoms with Crippen molar-refractivity contribution in [2.75, 3.05) is 7.05 Å². The molecule has 1 aromatic heterocycles. The Morgan fingerprint density at radius 2 is 2.05 bits per heavy atom. The second-order valence-corrected chi connectivity index (χ2v) is 5.44. The van der Waals surface area contributed by atoms with Crippen molar-refractivity contribution < 1.29 is 14.0 Å². The molecule has 2 atom stereocenters. The molecule has 0 aromatic carbocycles. The number of likely N-dealkylation sites (N-methyl/N-ethyl adjacent to an activating group) is 1. The molecular weight excluding hydrogens is 268 g/mol. The van der Waals surface area contributed by atoms with Gasteiger partial charge in [0, 0.05) is 7.05 Å². The predicted molar refractivity (Wildman–Crippen MR) is 82.0 cm³/mol. The number of hydrogen-bond donors (Lipinski definition) is 2. The largest absolute Gasteiger partial charge is 0.459 e. The number of nitrogens with one attached hydrogen (secondary N) is 2. The van der Waals surface area contributed by atoms with Gasteiger partial charge in [-0.2, -0.15) is 0 Å². The summed E-state index contributed by atoms with van der Waals surface area (Å²) in [5, 5.41) is 5.33. The van der Waals surface area contributed by atoms with E-state index in [4.69, 9.17) is 4.42 Å². The molecule has 118 valence electrons. The SMILES string of the molecule is CCCC(C)CCCC(NC(=O)c1ccco1)C(=O)NC. The van der Waals surface area contributed by atoms with E-state index in [-0.39, 0.29) is 17.6 Å². The third-order valence-corrected chi connectivity index (χ3v) is 3.58. The van der Waals surface area contributed by atoms with Gasteiger partial charge in [0.2, 0.25) is 5.91 Å². The van der Waals surface area contributed by atoms with E-state index in [0.717, 1.165) is 12.8 Å². The fourth-order valence-corrected chi connectivity index (χ4v) is 2.39. The zero-order chi connectivity index (χ0) is 15.7. The first-order valence-corrected chi connectivity index (χ1v) is 7.64. The van der Waals surface area contributed by atoms with Crippen LogP contribution in [0.3, 0.4) is 0 Å². The average Bonchev–Trinajstić information content (AvgIpc) is 2.99. The first-order valence-electron chi connectivity index (χ1n) is 7.64. The monoisotopic (exact) mass is 294 g/mol. The predicted octanol–water partition coefficient (Wildman–Crippen LogP) is 2.73. The van der Waals surface area contributed by atoms with Crippen LogP contribution in [0.25, 0.3) is 0 Å². The van der Waals surface area contributed by atoms with E-state index in [2.05, 4.69) is 24.5 Å². The molecule has 1 rings (SSSR count). The van der Waals surface area contributed by atoms with E-state index < -0.39 is 6.04 Å². The Morgan fingerprint density at radius 3 is 2.62 bits per heavy atom. The third kappa shape index (κ3) is 6.02.